The second kappa shape index (κ2) is 5.95. The third kappa shape index (κ3) is 2.49. The van der Waals surface area contributed by atoms with Crippen molar-refractivity contribution in [2.24, 2.45) is 0 Å². The van der Waals surface area contributed by atoms with Gasteiger partial charge in [-0.25, -0.2) is 0 Å². The van der Waals surface area contributed by atoms with Gasteiger partial charge in [0.15, 0.2) is 5.78 Å². The molecule has 0 bridgehead atoms. The summed E-state index contributed by atoms with van der Waals surface area (Å²) in [6.07, 6.45) is 3.36. The first-order valence-corrected chi connectivity index (χ1v) is 8.51. The lowest BCUT2D eigenvalue weighted by atomic mass is 9.99. The van der Waals surface area contributed by atoms with Crippen molar-refractivity contribution in [2.75, 3.05) is 0 Å². The molecule has 0 fully saturated rings. The molecule has 1 N–H and O–H groups in total. The van der Waals surface area contributed by atoms with Gasteiger partial charge in [0.1, 0.15) is 5.75 Å². The van der Waals surface area contributed by atoms with Gasteiger partial charge in [0.2, 0.25) is 0 Å². The number of phenolic OH excluding ortho intramolecular Hbond substituents is 1. The van der Waals surface area contributed by atoms with Crippen molar-refractivity contribution in [1.82, 2.24) is 0 Å². The van der Waals surface area contributed by atoms with E-state index in [4.69, 9.17) is 0 Å². The topological polar surface area (TPSA) is 37.3 Å². The first-order chi connectivity index (χ1) is 11.7. The highest BCUT2D eigenvalue weighted by atomic mass is 32.1. The van der Waals surface area contributed by atoms with Crippen LogP contribution in [-0.4, -0.2) is 10.9 Å². The Labute approximate surface area is 143 Å². The summed E-state index contributed by atoms with van der Waals surface area (Å²) in [5, 5.41) is 15.0. The number of rotatable bonds is 3. The number of carbonyl (C=O) groups excluding carboxylic acids is 1. The van der Waals surface area contributed by atoms with Crippen LogP contribution < -0.4 is 0 Å². The maximum atomic E-state index is 12.7. The Hall–Kier alpha value is -2.91. The summed E-state index contributed by atoms with van der Waals surface area (Å²) in [6.45, 7) is 0. The van der Waals surface area contributed by atoms with Crippen LogP contribution in [0.5, 0.6) is 5.75 Å². The van der Waals surface area contributed by atoms with E-state index in [-0.39, 0.29) is 11.5 Å². The normalized spacial score (nSPS) is 11.5. The average Bonchev–Trinajstić information content (AvgIpc) is 3.03. The molecular weight excluding hydrogens is 316 g/mol. The summed E-state index contributed by atoms with van der Waals surface area (Å²) >= 11 is 1.66. The highest BCUT2D eigenvalue weighted by Gasteiger charge is 2.13. The molecule has 3 heteroatoms. The lowest BCUT2D eigenvalue weighted by Gasteiger charge is -2.06. The number of hydrogen-bond donors (Lipinski definition) is 1. The fourth-order valence-electron chi connectivity index (χ4n) is 2.90. The van der Waals surface area contributed by atoms with Gasteiger partial charge in [0.05, 0.1) is 5.56 Å². The Bertz CT molecular complexity index is 1090. The molecule has 1 heterocycles. The molecule has 3 aromatic carbocycles. The molecule has 1 aromatic heterocycles. The number of ketones is 1. The van der Waals surface area contributed by atoms with Gasteiger partial charge in [-0.2, -0.15) is 0 Å². The van der Waals surface area contributed by atoms with Crippen molar-refractivity contribution in [1.29, 1.82) is 0 Å². The van der Waals surface area contributed by atoms with E-state index in [0.29, 0.717) is 5.56 Å². The van der Waals surface area contributed by atoms with Crippen LogP contribution in [-0.2, 0) is 0 Å². The van der Waals surface area contributed by atoms with Gasteiger partial charge >= 0.3 is 0 Å². The first-order valence-electron chi connectivity index (χ1n) is 7.63. The molecule has 0 spiro atoms. The van der Waals surface area contributed by atoms with Gasteiger partial charge in [-0.05, 0) is 51.4 Å². The molecule has 0 aliphatic rings. The molecule has 4 aromatic rings. The zero-order chi connectivity index (χ0) is 16.5. The van der Waals surface area contributed by atoms with Crippen molar-refractivity contribution >= 4 is 44.1 Å². The van der Waals surface area contributed by atoms with Gasteiger partial charge in [-0.15, -0.1) is 11.3 Å². The van der Waals surface area contributed by atoms with Crippen molar-refractivity contribution in [2.45, 2.75) is 0 Å². The second-order valence-corrected chi connectivity index (χ2v) is 6.48. The third-order valence-electron chi connectivity index (χ3n) is 4.08. The summed E-state index contributed by atoms with van der Waals surface area (Å²) in [5.74, 6) is -0.182. The van der Waals surface area contributed by atoms with Crippen molar-refractivity contribution in [3.63, 3.8) is 0 Å². The number of aromatic hydroxyl groups is 1. The van der Waals surface area contributed by atoms with Crippen LogP contribution in [0.1, 0.15) is 15.9 Å². The number of benzene rings is 3. The zero-order valence-corrected chi connectivity index (χ0v) is 13.6. The Balaban J connectivity index is 1.76. The van der Waals surface area contributed by atoms with Crippen LogP contribution in [0.4, 0.5) is 0 Å². The maximum Gasteiger partial charge on any atom is 0.190 e. The van der Waals surface area contributed by atoms with E-state index in [0.717, 1.165) is 21.7 Å². The van der Waals surface area contributed by atoms with Gasteiger partial charge in [0.25, 0.3) is 0 Å². The summed E-state index contributed by atoms with van der Waals surface area (Å²) in [4.78, 5) is 12.7. The molecule has 24 heavy (non-hydrogen) atoms. The lowest BCUT2D eigenvalue weighted by molar-refractivity contribution is 0.104. The fraction of sp³-hybridized carbons (Fsp3) is 0. The van der Waals surface area contributed by atoms with Crippen molar-refractivity contribution in [3.8, 4) is 5.75 Å². The molecule has 116 valence electrons. The van der Waals surface area contributed by atoms with E-state index >= 15 is 0 Å². The maximum absolute atomic E-state index is 12.7. The van der Waals surface area contributed by atoms with Crippen LogP contribution in [0.15, 0.2) is 72.1 Å². The predicted octanol–water partition coefficient (Wildman–Crippen LogP) is 5.66. The highest BCUT2D eigenvalue weighted by Crippen LogP contribution is 2.29. The Morgan fingerprint density at radius 3 is 2.54 bits per heavy atom. The van der Waals surface area contributed by atoms with Gasteiger partial charge in [-0.1, -0.05) is 48.5 Å². The quantitative estimate of drug-likeness (QED) is 0.389. The Morgan fingerprint density at radius 2 is 1.67 bits per heavy atom. The molecule has 0 aliphatic carbocycles. The van der Waals surface area contributed by atoms with Crippen LogP contribution in [0.2, 0.25) is 0 Å². The molecule has 0 radical (unpaired) electrons. The molecule has 4 rings (SSSR count). The Kier molecular flexibility index (Phi) is 3.63. The predicted molar refractivity (Wildman–Crippen MR) is 101 cm³/mol. The molecule has 0 saturated carbocycles. The number of phenols is 1. The molecule has 0 amide bonds. The third-order valence-corrected chi connectivity index (χ3v) is 5.06. The van der Waals surface area contributed by atoms with E-state index in [1.54, 1.807) is 17.4 Å². The van der Waals surface area contributed by atoms with E-state index in [1.807, 2.05) is 60.0 Å². The number of fused-ring (bicyclic) bond motifs is 2. The minimum Gasteiger partial charge on any atom is -0.507 e. The number of carbonyl (C=O) groups is 1. The largest absolute Gasteiger partial charge is 0.507 e. The van der Waals surface area contributed by atoms with Gasteiger partial charge in [-0.3, -0.25) is 4.79 Å². The van der Waals surface area contributed by atoms with E-state index in [9.17, 15) is 9.90 Å². The van der Waals surface area contributed by atoms with Crippen LogP contribution in [0, 0.1) is 0 Å². The van der Waals surface area contributed by atoms with E-state index in [1.165, 1.54) is 10.8 Å². The van der Waals surface area contributed by atoms with Crippen LogP contribution in [0.3, 0.4) is 0 Å². The fourth-order valence-corrected chi connectivity index (χ4v) is 3.82. The minimum absolute atomic E-state index is 0.0125. The lowest BCUT2D eigenvalue weighted by Crippen LogP contribution is -1.96. The zero-order valence-electron chi connectivity index (χ0n) is 12.8. The first kappa shape index (κ1) is 14.7. The molecule has 0 atom stereocenters. The molecule has 0 unspecified atom stereocenters. The van der Waals surface area contributed by atoms with E-state index < -0.39 is 0 Å². The second-order valence-electron chi connectivity index (χ2n) is 5.57. The number of thiophene rings is 1. The number of allylic oxidation sites excluding steroid dienone is 1. The van der Waals surface area contributed by atoms with Gasteiger partial charge in [0, 0.05) is 4.70 Å². The van der Waals surface area contributed by atoms with Crippen molar-refractivity contribution in [3.05, 3.63) is 83.2 Å². The van der Waals surface area contributed by atoms with Gasteiger partial charge < -0.3 is 5.11 Å². The number of hydrogen-bond acceptors (Lipinski definition) is 3. The Morgan fingerprint density at radius 1 is 0.917 bits per heavy atom. The molecule has 2 nitrogen and oxygen atoms in total. The summed E-state index contributed by atoms with van der Waals surface area (Å²) in [7, 11) is 0. The SMILES string of the molecule is O=C(/C=C/c1csc2ccccc12)c1c(O)ccc2ccccc12. The standard InChI is InChI=1S/C21H14O2S/c22-18-11-9-14-5-1-2-7-17(14)21(18)19(23)12-10-15-13-24-20-8-4-3-6-16(15)20/h1-13,22H/b12-10+. The van der Waals surface area contributed by atoms with E-state index in [2.05, 4.69) is 6.07 Å². The van der Waals surface area contributed by atoms with Crippen LogP contribution in [0.25, 0.3) is 26.9 Å². The summed E-state index contributed by atoms with van der Waals surface area (Å²) < 4.78 is 1.19. The highest BCUT2D eigenvalue weighted by molar-refractivity contribution is 7.17. The molecule has 0 aliphatic heterocycles. The monoisotopic (exact) mass is 330 g/mol. The summed E-state index contributed by atoms with van der Waals surface area (Å²) in [6, 6.07) is 19.1. The van der Waals surface area contributed by atoms with Crippen molar-refractivity contribution < 1.29 is 9.90 Å². The van der Waals surface area contributed by atoms with Crippen LogP contribution >= 0.6 is 11.3 Å². The molecule has 0 saturated heterocycles. The molecular formula is C21H14O2S. The average molecular weight is 330 g/mol. The summed E-state index contributed by atoms with van der Waals surface area (Å²) in [5.41, 5.74) is 1.37. The smallest absolute Gasteiger partial charge is 0.190 e. The minimum atomic E-state index is -0.195.